The minimum Gasteiger partial charge on any atom is -0.459 e. The first kappa shape index (κ1) is 17.6. The maximum absolute atomic E-state index is 12.6. The van der Waals surface area contributed by atoms with Gasteiger partial charge in [-0.3, -0.25) is 9.36 Å². The number of hydrogen-bond acceptors (Lipinski definition) is 5. The first-order valence-corrected chi connectivity index (χ1v) is 9.10. The van der Waals surface area contributed by atoms with Crippen molar-refractivity contribution < 1.29 is 9.53 Å². The van der Waals surface area contributed by atoms with Crippen molar-refractivity contribution in [2.24, 2.45) is 0 Å². The van der Waals surface area contributed by atoms with Crippen molar-refractivity contribution in [2.75, 3.05) is 0 Å². The molecule has 0 aliphatic rings. The second kappa shape index (κ2) is 7.37. The number of nitrogens with zero attached hydrogens (tertiary/aromatic N) is 2. The van der Waals surface area contributed by atoms with Crippen LogP contribution in [0.15, 0.2) is 41.5 Å². The zero-order chi connectivity index (χ0) is 18.0. The van der Waals surface area contributed by atoms with Crippen LogP contribution in [0.25, 0.3) is 10.2 Å². The van der Waals surface area contributed by atoms with E-state index in [9.17, 15) is 9.59 Å². The highest BCUT2D eigenvalue weighted by Gasteiger charge is 2.20. The average Bonchev–Trinajstić information content (AvgIpc) is 3.05. The third kappa shape index (κ3) is 3.60. The van der Waals surface area contributed by atoms with Crippen LogP contribution < -0.4 is 5.56 Å². The number of carbonyl (C=O) groups is 1. The van der Waals surface area contributed by atoms with Gasteiger partial charge in [-0.25, -0.2) is 9.78 Å². The molecule has 1 atom stereocenters. The van der Waals surface area contributed by atoms with E-state index in [2.05, 4.69) is 4.98 Å². The fourth-order valence-corrected chi connectivity index (χ4v) is 3.55. The van der Waals surface area contributed by atoms with Crippen LogP contribution in [0, 0.1) is 0 Å². The fraction of sp³-hybridized carbons (Fsp3) is 0.278. The lowest BCUT2D eigenvalue weighted by Crippen LogP contribution is -2.29. The maximum Gasteiger partial charge on any atom is 0.329 e. The van der Waals surface area contributed by atoms with Gasteiger partial charge in [0, 0.05) is 15.5 Å². The summed E-state index contributed by atoms with van der Waals surface area (Å²) in [6.45, 7) is 3.71. The minimum atomic E-state index is -0.767. The Hall–Kier alpha value is -2.18. The number of fused-ring (bicyclic) bond motifs is 1. The molecule has 0 fully saturated rings. The zero-order valence-corrected chi connectivity index (χ0v) is 15.4. The molecule has 0 bridgehead atoms. The number of aryl methyl sites for hydroxylation is 1. The normalized spacial score (nSPS) is 12.3. The molecule has 0 aliphatic carbocycles. The quantitative estimate of drug-likeness (QED) is 0.632. The van der Waals surface area contributed by atoms with E-state index in [0.29, 0.717) is 15.2 Å². The van der Waals surface area contributed by atoms with Gasteiger partial charge in [0.2, 0.25) is 0 Å². The number of hydrogen-bond donors (Lipinski definition) is 0. The van der Waals surface area contributed by atoms with Crippen molar-refractivity contribution in [3.8, 4) is 0 Å². The molecule has 2 aromatic heterocycles. The van der Waals surface area contributed by atoms with Gasteiger partial charge in [0.05, 0.1) is 11.7 Å². The second-order valence-electron chi connectivity index (χ2n) is 5.62. The van der Waals surface area contributed by atoms with E-state index in [1.54, 1.807) is 19.1 Å². The Kier molecular flexibility index (Phi) is 5.20. The van der Waals surface area contributed by atoms with Gasteiger partial charge >= 0.3 is 5.97 Å². The maximum atomic E-state index is 12.6. The van der Waals surface area contributed by atoms with Crippen LogP contribution in [0.4, 0.5) is 0 Å². The van der Waals surface area contributed by atoms with Crippen LogP contribution in [-0.4, -0.2) is 15.5 Å². The molecule has 3 aromatic rings. The van der Waals surface area contributed by atoms with Gasteiger partial charge in [0.15, 0.2) is 0 Å². The van der Waals surface area contributed by atoms with Crippen LogP contribution in [0.3, 0.4) is 0 Å². The Labute approximate surface area is 153 Å². The summed E-state index contributed by atoms with van der Waals surface area (Å²) in [5.74, 6) is -0.505. The van der Waals surface area contributed by atoms with Crippen LogP contribution in [-0.2, 0) is 22.6 Å². The van der Waals surface area contributed by atoms with E-state index in [4.69, 9.17) is 16.3 Å². The molecule has 7 heteroatoms. The largest absolute Gasteiger partial charge is 0.459 e. The number of carbonyl (C=O) groups excluding carboxylic acids is 1. The van der Waals surface area contributed by atoms with E-state index in [0.717, 1.165) is 16.9 Å². The molecule has 0 saturated heterocycles. The van der Waals surface area contributed by atoms with Gasteiger partial charge in [0.25, 0.3) is 5.56 Å². The molecule has 0 saturated carbocycles. The minimum absolute atomic E-state index is 0.0612. The van der Waals surface area contributed by atoms with Gasteiger partial charge in [-0.1, -0.05) is 36.7 Å². The molecule has 3 rings (SSSR count). The number of ether oxygens (including phenoxy) is 1. The van der Waals surface area contributed by atoms with Crippen LogP contribution >= 0.6 is 22.9 Å². The van der Waals surface area contributed by atoms with E-state index >= 15 is 0 Å². The van der Waals surface area contributed by atoms with Crippen molar-refractivity contribution in [3.63, 3.8) is 0 Å². The lowest BCUT2D eigenvalue weighted by molar-refractivity contribution is -0.148. The van der Waals surface area contributed by atoms with Crippen molar-refractivity contribution >= 4 is 39.1 Å². The van der Waals surface area contributed by atoms with Crippen LogP contribution in [0.1, 0.15) is 30.3 Å². The second-order valence-corrected chi connectivity index (χ2v) is 7.14. The SMILES string of the molecule is CCc1cc2c(=O)n([C@H](C)C(=O)OCc3ccccc3Cl)cnc2s1. The fourth-order valence-electron chi connectivity index (χ4n) is 2.44. The van der Waals surface area contributed by atoms with E-state index in [-0.39, 0.29) is 12.2 Å². The summed E-state index contributed by atoms with van der Waals surface area (Å²) in [7, 11) is 0. The van der Waals surface area contributed by atoms with E-state index in [1.807, 2.05) is 25.1 Å². The van der Waals surface area contributed by atoms with Crippen LogP contribution in [0.5, 0.6) is 0 Å². The van der Waals surface area contributed by atoms with E-state index in [1.165, 1.54) is 22.2 Å². The number of benzene rings is 1. The zero-order valence-electron chi connectivity index (χ0n) is 13.9. The molecule has 0 radical (unpaired) electrons. The van der Waals surface area contributed by atoms with E-state index < -0.39 is 12.0 Å². The molecule has 25 heavy (non-hydrogen) atoms. The molecular weight excluding hydrogens is 360 g/mol. The number of aromatic nitrogens is 2. The molecule has 0 spiro atoms. The average molecular weight is 377 g/mol. The monoisotopic (exact) mass is 376 g/mol. The standard InChI is InChI=1S/C18H17ClN2O3S/c1-3-13-8-14-16(25-13)20-10-21(17(14)22)11(2)18(23)24-9-12-6-4-5-7-15(12)19/h4-8,10-11H,3,9H2,1-2H3/t11-/m1/s1. The molecule has 2 heterocycles. The highest BCUT2D eigenvalue weighted by atomic mass is 35.5. The predicted molar refractivity (Wildman–Crippen MR) is 99.2 cm³/mol. The molecule has 0 N–H and O–H groups in total. The highest BCUT2D eigenvalue weighted by molar-refractivity contribution is 7.18. The molecule has 130 valence electrons. The molecule has 0 aliphatic heterocycles. The summed E-state index contributed by atoms with van der Waals surface area (Å²) < 4.78 is 6.62. The molecule has 5 nitrogen and oxygen atoms in total. The lowest BCUT2D eigenvalue weighted by atomic mass is 10.2. The topological polar surface area (TPSA) is 61.2 Å². The summed E-state index contributed by atoms with van der Waals surface area (Å²) in [5, 5.41) is 1.07. The van der Waals surface area contributed by atoms with Crippen molar-refractivity contribution in [3.05, 3.63) is 62.5 Å². The Morgan fingerprint density at radius 2 is 2.16 bits per heavy atom. The summed E-state index contributed by atoms with van der Waals surface area (Å²) in [6.07, 6.45) is 2.25. The predicted octanol–water partition coefficient (Wildman–Crippen LogP) is 3.98. The molecule has 0 amide bonds. The summed E-state index contributed by atoms with van der Waals surface area (Å²) in [6, 6.07) is 8.23. The van der Waals surface area contributed by atoms with Crippen molar-refractivity contribution in [1.82, 2.24) is 9.55 Å². The van der Waals surface area contributed by atoms with Gasteiger partial charge in [-0.15, -0.1) is 11.3 Å². The van der Waals surface area contributed by atoms with Gasteiger partial charge in [-0.2, -0.15) is 0 Å². The number of halogens is 1. The first-order chi connectivity index (χ1) is 12.0. The van der Waals surface area contributed by atoms with Gasteiger partial charge < -0.3 is 4.74 Å². The molecule has 1 aromatic carbocycles. The van der Waals surface area contributed by atoms with Crippen molar-refractivity contribution in [2.45, 2.75) is 32.9 Å². The third-order valence-corrected chi connectivity index (χ3v) is 5.52. The number of thiophene rings is 1. The van der Waals surface area contributed by atoms with Crippen LogP contribution in [0.2, 0.25) is 5.02 Å². The molecular formula is C18H17ClN2O3S. The third-order valence-electron chi connectivity index (χ3n) is 3.96. The van der Waals surface area contributed by atoms with Crippen molar-refractivity contribution in [1.29, 1.82) is 0 Å². The lowest BCUT2D eigenvalue weighted by Gasteiger charge is -2.14. The van der Waals surface area contributed by atoms with Gasteiger partial charge in [-0.05, 0) is 25.5 Å². The number of esters is 1. The number of rotatable bonds is 5. The first-order valence-electron chi connectivity index (χ1n) is 7.91. The Morgan fingerprint density at radius 1 is 1.40 bits per heavy atom. The highest BCUT2D eigenvalue weighted by Crippen LogP contribution is 2.22. The molecule has 0 unspecified atom stereocenters. The Balaban J connectivity index is 1.80. The summed E-state index contributed by atoms with van der Waals surface area (Å²) >= 11 is 7.55. The Morgan fingerprint density at radius 3 is 2.88 bits per heavy atom. The smallest absolute Gasteiger partial charge is 0.329 e. The van der Waals surface area contributed by atoms with Gasteiger partial charge in [0.1, 0.15) is 17.5 Å². The summed E-state index contributed by atoms with van der Waals surface area (Å²) in [5.41, 5.74) is 0.485. The Bertz CT molecular complexity index is 980. The summed E-state index contributed by atoms with van der Waals surface area (Å²) in [4.78, 5) is 31.0.